The van der Waals surface area contributed by atoms with Gasteiger partial charge in [0.1, 0.15) is 5.75 Å². The Morgan fingerprint density at radius 3 is 3.00 bits per heavy atom. The van der Waals surface area contributed by atoms with Gasteiger partial charge < -0.3 is 15.4 Å². The van der Waals surface area contributed by atoms with Gasteiger partial charge in [0.15, 0.2) is 0 Å². The van der Waals surface area contributed by atoms with Crippen molar-refractivity contribution in [1.29, 1.82) is 0 Å². The minimum Gasteiger partial charge on any atom is -0.496 e. The lowest BCUT2D eigenvalue weighted by Gasteiger charge is -2.37. The van der Waals surface area contributed by atoms with Gasteiger partial charge in [0.2, 0.25) is 0 Å². The fourth-order valence-electron chi connectivity index (χ4n) is 3.23. The Kier molecular flexibility index (Phi) is 3.53. The summed E-state index contributed by atoms with van der Waals surface area (Å²) in [5.41, 5.74) is 6.96. The summed E-state index contributed by atoms with van der Waals surface area (Å²) in [5.74, 6) is 0.609. The second-order valence-electron chi connectivity index (χ2n) is 5.54. The molecule has 108 valence electrons. The summed E-state index contributed by atoms with van der Waals surface area (Å²) in [6.07, 6.45) is 2.44. The molecule has 1 unspecified atom stereocenters. The monoisotopic (exact) mass is 275 g/mol. The largest absolute Gasteiger partial charge is 0.496 e. The molecule has 0 aliphatic carbocycles. The zero-order chi connectivity index (χ0) is 14.1. The summed E-state index contributed by atoms with van der Waals surface area (Å²) in [7, 11) is 1.57. The van der Waals surface area contributed by atoms with E-state index in [9.17, 15) is 4.79 Å². The third-order valence-electron chi connectivity index (χ3n) is 4.33. The Balaban J connectivity index is 1.79. The second kappa shape index (κ2) is 5.32. The summed E-state index contributed by atoms with van der Waals surface area (Å²) in [5, 5.41) is 0. The van der Waals surface area contributed by atoms with Crippen molar-refractivity contribution < 1.29 is 9.53 Å². The molecule has 2 saturated heterocycles. The molecule has 0 saturated carbocycles. The van der Waals surface area contributed by atoms with Crippen LogP contribution in [0, 0.1) is 0 Å². The number of fused-ring (bicyclic) bond motifs is 1. The first kappa shape index (κ1) is 13.2. The lowest BCUT2D eigenvalue weighted by atomic mass is 10.1. The average Bonchev–Trinajstić information content (AvgIpc) is 2.93. The second-order valence-corrected chi connectivity index (χ2v) is 5.54. The van der Waals surface area contributed by atoms with E-state index in [4.69, 9.17) is 10.5 Å². The van der Waals surface area contributed by atoms with Gasteiger partial charge in [0.25, 0.3) is 5.91 Å². The number of rotatable bonds is 2. The number of hydrogen-bond donors (Lipinski definition) is 1. The van der Waals surface area contributed by atoms with Crippen molar-refractivity contribution in [2.24, 2.45) is 0 Å². The number of hydrogen-bond acceptors (Lipinski definition) is 4. The van der Waals surface area contributed by atoms with Gasteiger partial charge in [-0.05, 0) is 31.5 Å². The molecule has 20 heavy (non-hydrogen) atoms. The van der Waals surface area contributed by atoms with Crippen LogP contribution in [-0.2, 0) is 0 Å². The number of amides is 1. The molecule has 1 aromatic rings. The molecule has 2 N–H and O–H groups in total. The van der Waals surface area contributed by atoms with Gasteiger partial charge in [-0.2, -0.15) is 0 Å². The molecule has 1 aromatic carbocycles. The highest BCUT2D eigenvalue weighted by Crippen LogP contribution is 2.26. The van der Waals surface area contributed by atoms with Gasteiger partial charge in [0, 0.05) is 37.4 Å². The number of piperazine rings is 1. The molecular formula is C15H21N3O2. The first-order chi connectivity index (χ1) is 9.69. The van der Waals surface area contributed by atoms with Crippen molar-refractivity contribution >= 4 is 11.6 Å². The molecule has 1 atom stereocenters. The highest BCUT2D eigenvalue weighted by molar-refractivity contribution is 5.97. The Morgan fingerprint density at radius 1 is 1.35 bits per heavy atom. The van der Waals surface area contributed by atoms with E-state index in [1.807, 2.05) is 4.90 Å². The molecule has 2 aliphatic rings. The van der Waals surface area contributed by atoms with Crippen LogP contribution < -0.4 is 10.5 Å². The van der Waals surface area contributed by atoms with Crippen LogP contribution in [0.3, 0.4) is 0 Å². The van der Waals surface area contributed by atoms with E-state index < -0.39 is 0 Å². The molecule has 2 aliphatic heterocycles. The standard InChI is InChI=1S/C15H21N3O2/c1-20-14-9-11(16)4-5-13(14)15(19)18-8-7-17-6-2-3-12(17)10-18/h4-5,9,12H,2-3,6-8,10,16H2,1H3. The van der Waals surface area contributed by atoms with Crippen LogP contribution in [0.1, 0.15) is 23.2 Å². The molecule has 2 heterocycles. The summed E-state index contributed by atoms with van der Waals surface area (Å²) in [6, 6.07) is 5.76. The maximum absolute atomic E-state index is 12.7. The van der Waals surface area contributed by atoms with Gasteiger partial charge >= 0.3 is 0 Å². The van der Waals surface area contributed by atoms with Crippen LogP contribution in [0.25, 0.3) is 0 Å². The van der Waals surface area contributed by atoms with Crippen molar-refractivity contribution in [3.8, 4) is 5.75 Å². The number of nitrogens with two attached hydrogens (primary N) is 1. The number of benzene rings is 1. The highest BCUT2D eigenvalue weighted by atomic mass is 16.5. The third-order valence-corrected chi connectivity index (χ3v) is 4.33. The van der Waals surface area contributed by atoms with E-state index in [0.717, 1.165) is 19.6 Å². The predicted octanol–water partition coefficient (Wildman–Crippen LogP) is 1.20. The number of carbonyl (C=O) groups excluding carboxylic acids is 1. The van der Waals surface area contributed by atoms with Gasteiger partial charge in [-0.1, -0.05) is 0 Å². The molecule has 1 amide bonds. The van der Waals surface area contributed by atoms with E-state index >= 15 is 0 Å². The van der Waals surface area contributed by atoms with E-state index in [2.05, 4.69) is 4.90 Å². The SMILES string of the molecule is COc1cc(N)ccc1C(=O)N1CCN2CCCC2C1. The van der Waals surface area contributed by atoms with Crippen LogP contribution >= 0.6 is 0 Å². The van der Waals surface area contributed by atoms with Crippen LogP contribution in [0.2, 0.25) is 0 Å². The molecule has 0 radical (unpaired) electrons. The number of nitrogens with zero attached hydrogens (tertiary/aromatic N) is 2. The Morgan fingerprint density at radius 2 is 2.20 bits per heavy atom. The lowest BCUT2D eigenvalue weighted by molar-refractivity contribution is 0.0568. The molecule has 0 aromatic heterocycles. The topological polar surface area (TPSA) is 58.8 Å². The fraction of sp³-hybridized carbons (Fsp3) is 0.533. The Hall–Kier alpha value is -1.75. The van der Waals surface area contributed by atoms with E-state index in [-0.39, 0.29) is 5.91 Å². The molecule has 2 fully saturated rings. The molecule has 5 nitrogen and oxygen atoms in total. The first-order valence-corrected chi connectivity index (χ1v) is 7.16. The van der Waals surface area contributed by atoms with Crippen molar-refractivity contribution in [2.75, 3.05) is 39.0 Å². The smallest absolute Gasteiger partial charge is 0.257 e. The van der Waals surface area contributed by atoms with Crippen LogP contribution in [-0.4, -0.2) is 55.0 Å². The number of anilines is 1. The van der Waals surface area contributed by atoms with Crippen molar-refractivity contribution in [1.82, 2.24) is 9.80 Å². The summed E-state index contributed by atoms with van der Waals surface area (Å²) in [4.78, 5) is 17.1. The molecule has 0 bridgehead atoms. The zero-order valence-electron chi connectivity index (χ0n) is 11.8. The Labute approximate surface area is 119 Å². The average molecular weight is 275 g/mol. The third kappa shape index (κ3) is 2.33. The van der Waals surface area contributed by atoms with Gasteiger partial charge in [-0.25, -0.2) is 0 Å². The normalized spacial score (nSPS) is 22.6. The van der Waals surface area contributed by atoms with Gasteiger partial charge in [0.05, 0.1) is 12.7 Å². The number of nitrogen functional groups attached to an aromatic ring is 1. The number of methoxy groups -OCH3 is 1. The number of ether oxygens (including phenoxy) is 1. The van der Waals surface area contributed by atoms with E-state index in [1.54, 1.807) is 25.3 Å². The molecule has 3 rings (SSSR count). The van der Waals surface area contributed by atoms with Crippen LogP contribution in [0.4, 0.5) is 5.69 Å². The summed E-state index contributed by atoms with van der Waals surface area (Å²) < 4.78 is 5.29. The predicted molar refractivity (Wildman–Crippen MR) is 77.9 cm³/mol. The lowest BCUT2D eigenvalue weighted by Crippen LogP contribution is -2.52. The molecular weight excluding hydrogens is 254 g/mol. The minimum absolute atomic E-state index is 0.0494. The Bertz CT molecular complexity index is 518. The van der Waals surface area contributed by atoms with E-state index in [0.29, 0.717) is 23.0 Å². The maximum atomic E-state index is 12.7. The molecule has 0 spiro atoms. The van der Waals surface area contributed by atoms with Crippen molar-refractivity contribution in [3.05, 3.63) is 23.8 Å². The van der Waals surface area contributed by atoms with Crippen molar-refractivity contribution in [2.45, 2.75) is 18.9 Å². The van der Waals surface area contributed by atoms with Crippen LogP contribution in [0.5, 0.6) is 5.75 Å². The highest BCUT2D eigenvalue weighted by Gasteiger charge is 2.33. The summed E-state index contributed by atoms with van der Waals surface area (Å²) >= 11 is 0. The first-order valence-electron chi connectivity index (χ1n) is 7.16. The quantitative estimate of drug-likeness (QED) is 0.824. The maximum Gasteiger partial charge on any atom is 0.257 e. The minimum atomic E-state index is 0.0494. The van der Waals surface area contributed by atoms with Crippen molar-refractivity contribution in [3.63, 3.8) is 0 Å². The fourth-order valence-corrected chi connectivity index (χ4v) is 3.23. The number of carbonyl (C=O) groups is 1. The van der Waals surface area contributed by atoms with E-state index in [1.165, 1.54) is 19.4 Å². The summed E-state index contributed by atoms with van der Waals surface area (Å²) in [6.45, 7) is 3.78. The zero-order valence-corrected chi connectivity index (χ0v) is 11.8. The van der Waals surface area contributed by atoms with Gasteiger partial charge in [-0.3, -0.25) is 9.69 Å². The van der Waals surface area contributed by atoms with Crippen LogP contribution in [0.15, 0.2) is 18.2 Å². The molecule has 5 heteroatoms. The van der Waals surface area contributed by atoms with Gasteiger partial charge in [-0.15, -0.1) is 0 Å².